The quantitative estimate of drug-likeness (QED) is 0.844. The van der Waals surface area contributed by atoms with E-state index in [4.69, 9.17) is 0 Å². The van der Waals surface area contributed by atoms with E-state index < -0.39 is 0 Å². The van der Waals surface area contributed by atoms with E-state index in [2.05, 4.69) is 15.5 Å². The molecule has 1 amide bonds. The number of Topliss-reactive ketones (excluding diaryl/α,β-unsaturated/α-hetero) is 1. The molecule has 118 valence electrons. The maximum Gasteiger partial charge on any atom is 0.242 e. The fraction of sp³-hybridized carbons (Fsp3) is 0.467. The van der Waals surface area contributed by atoms with Crippen molar-refractivity contribution >= 4 is 11.7 Å². The second kappa shape index (κ2) is 6.13. The minimum Gasteiger partial charge on any atom is -0.348 e. The number of carbonyl (C=O) groups excluding carboxylic acids is 2. The van der Waals surface area contributed by atoms with E-state index in [1.54, 1.807) is 29.4 Å². The van der Waals surface area contributed by atoms with Crippen molar-refractivity contribution in [1.29, 1.82) is 0 Å². The van der Waals surface area contributed by atoms with Crippen molar-refractivity contribution in [2.45, 2.75) is 40.3 Å². The second-order valence-corrected chi connectivity index (χ2v) is 5.50. The number of nitrogens with zero attached hydrogens (tertiary/aromatic N) is 4. The van der Waals surface area contributed by atoms with Crippen molar-refractivity contribution in [3.63, 3.8) is 0 Å². The lowest BCUT2D eigenvalue weighted by molar-refractivity contribution is -0.122. The van der Waals surface area contributed by atoms with Crippen LogP contribution in [0, 0.1) is 13.8 Å². The van der Waals surface area contributed by atoms with E-state index in [0.29, 0.717) is 17.0 Å². The molecule has 0 aliphatic heterocycles. The molecule has 2 aromatic rings. The summed E-state index contributed by atoms with van der Waals surface area (Å²) < 4.78 is 3.26. The van der Waals surface area contributed by atoms with Gasteiger partial charge in [0.15, 0.2) is 5.78 Å². The molecule has 2 rings (SSSR count). The Kier molecular flexibility index (Phi) is 4.44. The second-order valence-electron chi connectivity index (χ2n) is 5.50. The monoisotopic (exact) mass is 303 g/mol. The van der Waals surface area contributed by atoms with Crippen LogP contribution in [0.1, 0.15) is 47.2 Å². The van der Waals surface area contributed by atoms with E-state index in [9.17, 15) is 9.59 Å². The number of hydrogen-bond donors (Lipinski definition) is 1. The Morgan fingerprint density at radius 2 is 2.05 bits per heavy atom. The van der Waals surface area contributed by atoms with Crippen LogP contribution in [0.3, 0.4) is 0 Å². The molecule has 0 aromatic carbocycles. The van der Waals surface area contributed by atoms with Crippen LogP contribution in [-0.4, -0.2) is 31.3 Å². The van der Waals surface area contributed by atoms with Gasteiger partial charge in [-0.25, -0.2) is 0 Å². The van der Waals surface area contributed by atoms with Gasteiger partial charge in [-0.1, -0.05) is 0 Å². The Labute approximate surface area is 129 Å². The molecule has 2 heterocycles. The number of carbonyl (C=O) groups is 2. The smallest absolute Gasteiger partial charge is 0.242 e. The first kappa shape index (κ1) is 15.9. The van der Waals surface area contributed by atoms with E-state index >= 15 is 0 Å². The predicted octanol–water partition coefficient (Wildman–Crippen LogP) is 1.31. The van der Waals surface area contributed by atoms with Gasteiger partial charge in [-0.05, 0) is 27.7 Å². The molecule has 2 aromatic heterocycles. The predicted molar refractivity (Wildman–Crippen MR) is 81.5 cm³/mol. The number of aromatic nitrogens is 4. The van der Waals surface area contributed by atoms with Crippen LogP contribution in [0.2, 0.25) is 0 Å². The molecule has 1 unspecified atom stereocenters. The first-order chi connectivity index (χ1) is 10.3. The number of rotatable bonds is 5. The van der Waals surface area contributed by atoms with E-state index in [1.807, 2.05) is 20.2 Å². The van der Waals surface area contributed by atoms with Crippen LogP contribution in [-0.2, 0) is 18.4 Å². The van der Waals surface area contributed by atoms with Crippen molar-refractivity contribution in [2.24, 2.45) is 7.05 Å². The molecule has 0 saturated heterocycles. The average Bonchev–Trinajstić information content (AvgIpc) is 2.94. The molecule has 7 heteroatoms. The first-order valence-corrected chi connectivity index (χ1v) is 7.12. The Bertz CT molecular complexity index is 714. The summed E-state index contributed by atoms with van der Waals surface area (Å²) in [5.41, 5.74) is 2.90. The number of aryl methyl sites for hydroxylation is 2. The lowest BCUT2D eigenvalue weighted by Crippen LogP contribution is -2.30. The normalized spacial score (nSPS) is 12.2. The molecular weight excluding hydrogens is 282 g/mol. The van der Waals surface area contributed by atoms with Crippen LogP contribution in [0.15, 0.2) is 12.4 Å². The number of nitrogens with one attached hydrogen (secondary N) is 1. The van der Waals surface area contributed by atoms with Crippen LogP contribution in [0.5, 0.6) is 0 Å². The molecule has 0 aliphatic carbocycles. The number of hydrogen-bond acceptors (Lipinski definition) is 4. The van der Waals surface area contributed by atoms with Gasteiger partial charge in [-0.3, -0.25) is 19.0 Å². The Morgan fingerprint density at radius 1 is 1.36 bits per heavy atom. The van der Waals surface area contributed by atoms with Crippen molar-refractivity contribution < 1.29 is 9.59 Å². The van der Waals surface area contributed by atoms with Gasteiger partial charge in [0.1, 0.15) is 6.54 Å². The van der Waals surface area contributed by atoms with E-state index in [-0.39, 0.29) is 24.3 Å². The zero-order valence-electron chi connectivity index (χ0n) is 13.5. The zero-order valence-corrected chi connectivity index (χ0v) is 13.5. The lowest BCUT2D eigenvalue weighted by atomic mass is 10.1. The summed E-state index contributed by atoms with van der Waals surface area (Å²) in [4.78, 5) is 23.7. The van der Waals surface area contributed by atoms with Gasteiger partial charge in [0.05, 0.1) is 23.5 Å². The molecule has 0 spiro atoms. The van der Waals surface area contributed by atoms with Gasteiger partial charge in [0.25, 0.3) is 0 Å². The first-order valence-electron chi connectivity index (χ1n) is 7.12. The highest BCUT2D eigenvalue weighted by molar-refractivity contribution is 5.96. The van der Waals surface area contributed by atoms with Gasteiger partial charge in [-0.2, -0.15) is 10.2 Å². The molecule has 1 atom stereocenters. The van der Waals surface area contributed by atoms with Gasteiger partial charge >= 0.3 is 0 Å². The minimum absolute atomic E-state index is 0.0367. The highest BCUT2D eigenvalue weighted by atomic mass is 16.2. The maximum absolute atomic E-state index is 12.2. The SMILES string of the molecule is CC(=O)c1c(C)nn(CC(=O)NC(C)c2cnn(C)c2)c1C. The molecule has 0 bridgehead atoms. The summed E-state index contributed by atoms with van der Waals surface area (Å²) in [6, 6.07) is -0.134. The van der Waals surface area contributed by atoms with Gasteiger partial charge in [0, 0.05) is 24.5 Å². The standard InChI is InChI=1S/C15H21N5O2/c1-9(13-6-16-19(5)7-13)17-14(22)8-20-11(3)15(12(4)21)10(2)18-20/h6-7,9H,8H2,1-5H3,(H,17,22). The van der Waals surface area contributed by atoms with Crippen LogP contribution < -0.4 is 5.32 Å². The van der Waals surface area contributed by atoms with E-state index in [1.165, 1.54) is 6.92 Å². The van der Waals surface area contributed by atoms with Crippen LogP contribution in [0.4, 0.5) is 0 Å². The van der Waals surface area contributed by atoms with Crippen LogP contribution in [0.25, 0.3) is 0 Å². The van der Waals surface area contributed by atoms with Gasteiger partial charge in [0.2, 0.25) is 5.91 Å². The number of amides is 1. The molecule has 0 fully saturated rings. The fourth-order valence-corrected chi connectivity index (χ4v) is 2.53. The Morgan fingerprint density at radius 3 is 2.55 bits per heavy atom. The Hall–Kier alpha value is -2.44. The highest BCUT2D eigenvalue weighted by Crippen LogP contribution is 2.14. The summed E-state index contributed by atoms with van der Waals surface area (Å²) in [5, 5.41) is 11.3. The summed E-state index contributed by atoms with van der Waals surface area (Å²) in [6.45, 7) is 7.07. The summed E-state index contributed by atoms with van der Waals surface area (Å²) in [5.74, 6) is -0.192. The summed E-state index contributed by atoms with van der Waals surface area (Å²) >= 11 is 0. The summed E-state index contributed by atoms with van der Waals surface area (Å²) in [7, 11) is 1.83. The lowest BCUT2D eigenvalue weighted by Gasteiger charge is -2.12. The van der Waals surface area contributed by atoms with Crippen LogP contribution >= 0.6 is 0 Å². The van der Waals surface area contributed by atoms with Crippen molar-refractivity contribution in [3.05, 3.63) is 34.9 Å². The third-order valence-electron chi connectivity index (χ3n) is 3.63. The molecule has 0 radical (unpaired) electrons. The maximum atomic E-state index is 12.2. The average molecular weight is 303 g/mol. The third-order valence-corrected chi connectivity index (χ3v) is 3.63. The minimum atomic E-state index is -0.156. The molecule has 7 nitrogen and oxygen atoms in total. The molecule has 22 heavy (non-hydrogen) atoms. The molecule has 1 N–H and O–H groups in total. The topological polar surface area (TPSA) is 81.8 Å². The van der Waals surface area contributed by atoms with Crippen molar-refractivity contribution in [3.8, 4) is 0 Å². The number of ketones is 1. The molecular formula is C15H21N5O2. The third kappa shape index (κ3) is 3.24. The molecule has 0 saturated carbocycles. The van der Waals surface area contributed by atoms with Gasteiger partial charge in [-0.15, -0.1) is 0 Å². The summed E-state index contributed by atoms with van der Waals surface area (Å²) in [6.07, 6.45) is 3.59. The zero-order chi connectivity index (χ0) is 16.4. The molecule has 0 aliphatic rings. The Balaban J connectivity index is 2.06. The van der Waals surface area contributed by atoms with Gasteiger partial charge < -0.3 is 5.32 Å². The highest BCUT2D eigenvalue weighted by Gasteiger charge is 2.18. The fourth-order valence-electron chi connectivity index (χ4n) is 2.53. The largest absolute Gasteiger partial charge is 0.348 e. The van der Waals surface area contributed by atoms with Crippen molar-refractivity contribution in [2.75, 3.05) is 0 Å². The van der Waals surface area contributed by atoms with E-state index in [0.717, 1.165) is 5.56 Å². The van der Waals surface area contributed by atoms with Crippen molar-refractivity contribution in [1.82, 2.24) is 24.9 Å².